The Labute approximate surface area is 148 Å². The predicted molar refractivity (Wildman–Crippen MR) is 96.7 cm³/mol. The lowest BCUT2D eigenvalue weighted by Crippen LogP contribution is -2.37. The van der Waals surface area contributed by atoms with Crippen LogP contribution in [-0.4, -0.2) is 46.5 Å². The van der Waals surface area contributed by atoms with E-state index in [0.717, 1.165) is 30.5 Å². The van der Waals surface area contributed by atoms with E-state index in [-0.39, 0.29) is 18.6 Å². The van der Waals surface area contributed by atoms with Crippen LogP contribution in [0.5, 0.6) is 0 Å². The Balaban J connectivity index is 1.89. The summed E-state index contributed by atoms with van der Waals surface area (Å²) in [6.45, 7) is 3.88. The van der Waals surface area contributed by atoms with E-state index in [1.165, 1.54) is 5.56 Å². The first-order valence-electron chi connectivity index (χ1n) is 8.97. The molecule has 2 aromatic rings. The normalized spacial score (nSPS) is 16.5. The van der Waals surface area contributed by atoms with Crippen LogP contribution in [0.15, 0.2) is 30.3 Å². The SMILES string of the molecule is CCNC(=O)c1nn(Cc2ccccc2)c2c1C[C@@H](NCCO)CC2. The lowest BCUT2D eigenvalue weighted by Gasteiger charge is -2.24. The van der Waals surface area contributed by atoms with E-state index in [2.05, 4.69) is 27.9 Å². The molecule has 1 amide bonds. The van der Waals surface area contributed by atoms with Crippen molar-refractivity contribution in [1.82, 2.24) is 20.4 Å². The minimum absolute atomic E-state index is 0.103. The Kier molecular flexibility index (Phi) is 5.83. The minimum atomic E-state index is -0.103. The lowest BCUT2D eigenvalue weighted by atomic mass is 9.91. The van der Waals surface area contributed by atoms with Gasteiger partial charge in [-0.1, -0.05) is 30.3 Å². The number of hydrogen-bond donors (Lipinski definition) is 3. The van der Waals surface area contributed by atoms with E-state index in [1.807, 2.05) is 29.8 Å². The summed E-state index contributed by atoms with van der Waals surface area (Å²) in [5.41, 5.74) is 3.93. The van der Waals surface area contributed by atoms with Gasteiger partial charge in [0.2, 0.25) is 0 Å². The number of carbonyl (C=O) groups is 1. The van der Waals surface area contributed by atoms with Gasteiger partial charge in [0, 0.05) is 30.4 Å². The Morgan fingerprint density at radius 1 is 1.36 bits per heavy atom. The Bertz CT molecular complexity index is 712. The fourth-order valence-electron chi connectivity index (χ4n) is 3.44. The summed E-state index contributed by atoms with van der Waals surface area (Å²) in [5, 5.41) is 19.9. The molecule has 0 saturated carbocycles. The number of carbonyl (C=O) groups excluding carboxylic acids is 1. The number of hydrogen-bond acceptors (Lipinski definition) is 4. The molecule has 0 radical (unpaired) electrons. The van der Waals surface area contributed by atoms with Crippen LogP contribution in [0.1, 0.15) is 40.7 Å². The van der Waals surface area contributed by atoms with Gasteiger partial charge in [-0.05, 0) is 31.7 Å². The number of aliphatic hydroxyl groups excluding tert-OH is 1. The van der Waals surface area contributed by atoms with Gasteiger partial charge < -0.3 is 15.7 Å². The largest absolute Gasteiger partial charge is 0.395 e. The van der Waals surface area contributed by atoms with E-state index in [9.17, 15) is 4.79 Å². The van der Waals surface area contributed by atoms with Crippen molar-refractivity contribution in [1.29, 1.82) is 0 Å². The average Bonchev–Trinajstić information content (AvgIpc) is 2.99. The van der Waals surface area contributed by atoms with Crippen molar-refractivity contribution < 1.29 is 9.90 Å². The van der Waals surface area contributed by atoms with Gasteiger partial charge in [-0.15, -0.1) is 0 Å². The number of nitrogens with one attached hydrogen (secondary N) is 2. The third-order valence-electron chi connectivity index (χ3n) is 4.62. The molecule has 6 nitrogen and oxygen atoms in total. The highest BCUT2D eigenvalue weighted by Crippen LogP contribution is 2.25. The lowest BCUT2D eigenvalue weighted by molar-refractivity contribution is 0.0949. The van der Waals surface area contributed by atoms with Crippen molar-refractivity contribution in [2.75, 3.05) is 19.7 Å². The molecule has 1 atom stereocenters. The van der Waals surface area contributed by atoms with Gasteiger partial charge in [0.05, 0.1) is 13.2 Å². The van der Waals surface area contributed by atoms with Crippen LogP contribution >= 0.6 is 0 Å². The number of nitrogens with zero attached hydrogens (tertiary/aromatic N) is 2. The molecular formula is C19H26N4O2. The van der Waals surface area contributed by atoms with Gasteiger partial charge in [0.15, 0.2) is 5.69 Å². The monoisotopic (exact) mass is 342 g/mol. The molecule has 134 valence electrons. The average molecular weight is 342 g/mol. The van der Waals surface area contributed by atoms with Crippen LogP contribution in [-0.2, 0) is 19.4 Å². The second-order valence-electron chi connectivity index (χ2n) is 6.39. The molecule has 25 heavy (non-hydrogen) atoms. The zero-order chi connectivity index (χ0) is 17.6. The number of benzene rings is 1. The molecule has 0 fully saturated rings. The maximum Gasteiger partial charge on any atom is 0.272 e. The molecular weight excluding hydrogens is 316 g/mol. The Hall–Kier alpha value is -2.18. The van der Waals surface area contributed by atoms with E-state index in [4.69, 9.17) is 5.11 Å². The van der Waals surface area contributed by atoms with Gasteiger partial charge in [-0.3, -0.25) is 9.48 Å². The van der Waals surface area contributed by atoms with Crippen molar-refractivity contribution in [2.45, 2.75) is 38.8 Å². The Morgan fingerprint density at radius 3 is 2.88 bits per heavy atom. The standard InChI is InChI=1S/C19H26N4O2/c1-2-20-19(25)18-16-12-15(21-10-11-24)8-9-17(16)23(22-18)13-14-6-4-3-5-7-14/h3-7,15,21,24H,2,8-13H2,1H3,(H,20,25)/t15-/m0/s1. The van der Waals surface area contributed by atoms with Crippen LogP contribution < -0.4 is 10.6 Å². The van der Waals surface area contributed by atoms with Gasteiger partial charge in [-0.2, -0.15) is 5.10 Å². The summed E-state index contributed by atoms with van der Waals surface area (Å²) in [4.78, 5) is 12.5. The first-order valence-corrected chi connectivity index (χ1v) is 8.97. The first kappa shape index (κ1) is 17.6. The van der Waals surface area contributed by atoms with Crippen molar-refractivity contribution >= 4 is 5.91 Å². The van der Waals surface area contributed by atoms with Gasteiger partial charge >= 0.3 is 0 Å². The highest BCUT2D eigenvalue weighted by Gasteiger charge is 2.28. The van der Waals surface area contributed by atoms with Crippen molar-refractivity contribution in [3.05, 3.63) is 52.8 Å². The fourth-order valence-corrected chi connectivity index (χ4v) is 3.44. The minimum Gasteiger partial charge on any atom is -0.395 e. The molecule has 1 aliphatic rings. The second kappa shape index (κ2) is 8.27. The second-order valence-corrected chi connectivity index (χ2v) is 6.39. The van der Waals surface area contributed by atoms with Crippen LogP contribution in [0.2, 0.25) is 0 Å². The summed E-state index contributed by atoms with van der Waals surface area (Å²) in [6.07, 6.45) is 2.65. The number of amides is 1. The van der Waals surface area contributed by atoms with Gasteiger partial charge in [0.25, 0.3) is 5.91 Å². The third kappa shape index (κ3) is 4.08. The quantitative estimate of drug-likeness (QED) is 0.705. The zero-order valence-corrected chi connectivity index (χ0v) is 14.7. The maximum atomic E-state index is 12.5. The van der Waals surface area contributed by atoms with Gasteiger partial charge in [-0.25, -0.2) is 0 Å². The topological polar surface area (TPSA) is 79.2 Å². The summed E-state index contributed by atoms with van der Waals surface area (Å²) >= 11 is 0. The maximum absolute atomic E-state index is 12.5. The summed E-state index contributed by atoms with van der Waals surface area (Å²) < 4.78 is 1.98. The van der Waals surface area contributed by atoms with Crippen LogP contribution in [0.25, 0.3) is 0 Å². The number of aromatic nitrogens is 2. The highest BCUT2D eigenvalue weighted by atomic mass is 16.3. The molecule has 6 heteroatoms. The first-order chi connectivity index (χ1) is 12.2. The molecule has 1 aliphatic carbocycles. The van der Waals surface area contributed by atoms with Gasteiger partial charge in [0.1, 0.15) is 0 Å². The predicted octanol–water partition coefficient (Wildman–Crippen LogP) is 1.12. The van der Waals surface area contributed by atoms with Crippen LogP contribution in [0.3, 0.4) is 0 Å². The fraction of sp³-hybridized carbons (Fsp3) is 0.474. The highest BCUT2D eigenvalue weighted by molar-refractivity contribution is 5.94. The zero-order valence-electron chi connectivity index (χ0n) is 14.7. The molecule has 1 aromatic heterocycles. The van der Waals surface area contributed by atoms with Crippen molar-refractivity contribution in [3.8, 4) is 0 Å². The smallest absolute Gasteiger partial charge is 0.272 e. The molecule has 1 aromatic carbocycles. The van der Waals surface area contributed by atoms with Crippen molar-refractivity contribution in [2.24, 2.45) is 0 Å². The summed E-state index contributed by atoms with van der Waals surface area (Å²) in [6, 6.07) is 10.5. The van der Waals surface area contributed by atoms with Crippen LogP contribution in [0, 0.1) is 0 Å². The summed E-state index contributed by atoms with van der Waals surface area (Å²) in [7, 11) is 0. The number of aliphatic hydroxyl groups is 1. The molecule has 0 saturated heterocycles. The Morgan fingerprint density at radius 2 is 2.16 bits per heavy atom. The third-order valence-corrected chi connectivity index (χ3v) is 4.62. The molecule has 0 bridgehead atoms. The van der Waals surface area contributed by atoms with E-state index >= 15 is 0 Å². The molecule has 3 rings (SSSR count). The molecule has 0 unspecified atom stereocenters. The molecule has 1 heterocycles. The van der Waals surface area contributed by atoms with E-state index in [1.54, 1.807) is 0 Å². The van der Waals surface area contributed by atoms with Crippen LogP contribution in [0.4, 0.5) is 0 Å². The molecule has 3 N–H and O–H groups in total. The van der Waals surface area contributed by atoms with E-state index < -0.39 is 0 Å². The number of rotatable bonds is 7. The van der Waals surface area contributed by atoms with E-state index in [0.29, 0.717) is 25.3 Å². The molecule has 0 spiro atoms. The van der Waals surface area contributed by atoms with Crippen molar-refractivity contribution in [3.63, 3.8) is 0 Å². The number of fused-ring (bicyclic) bond motifs is 1. The molecule has 0 aliphatic heterocycles. The summed E-state index contributed by atoms with van der Waals surface area (Å²) in [5.74, 6) is -0.103.